The Morgan fingerprint density at radius 2 is 1.86 bits per heavy atom. The average molecular weight is 419 g/mol. The van der Waals surface area contributed by atoms with Crippen molar-refractivity contribution in [3.05, 3.63) is 33.3 Å². The summed E-state index contributed by atoms with van der Waals surface area (Å²) in [5.74, 6) is 0.683. The van der Waals surface area contributed by atoms with Gasteiger partial charge in [0.15, 0.2) is 0 Å². The maximum Gasteiger partial charge on any atom is 0.0417 e. The lowest BCUT2D eigenvalue weighted by molar-refractivity contribution is 0.153. The lowest BCUT2D eigenvalue weighted by atomic mass is 9.95. The number of nitrogens with zero attached hydrogens (tertiary/aromatic N) is 1. The van der Waals surface area contributed by atoms with Gasteiger partial charge in [-0.2, -0.15) is 0 Å². The maximum absolute atomic E-state index is 6.06. The fraction of sp³-hybridized carbons (Fsp3) is 0.600. The fourth-order valence-electron chi connectivity index (χ4n) is 2.68. The average Bonchev–Trinajstić information content (AvgIpc) is 2.37. The summed E-state index contributed by atoms with van der Waals surface area (Å²) >= 11 is 9.74. The smallest absolute Gasteiger partial charge is 0.0417 e. The molecule has 0 unspecified atom stereocenters. The van der Waals surface area contributed by atoms with E-state index in [-0.39, 0.29) is 24.8 Å². The first kappa shape index (κ1) is 21.5. The van der Waals surface area contributed by atoms with Crippen LogP contribution in [-0.2, 0) is 0 Å². The number of piperazine rings is 1. The quantitative estimate of drug-likeness (QED) is 0.745. The zero-order chi connectivity index (χ0) is 13.8. The molecule has 0 saturated carbocycles. The molecule has 0 amide bonds. The van der Waals surface area contributed by atoms with Crippen LogP contribution in [0.4, 0.5) is 0 Å². The molecule has 122 valence electrons. The van der Waals surface area contributed by atoms with Crippen LogP contribution in [0.3, 0.4) is 0 Å². The zero-order valence-corrected chi connectivity index (χ0v) is 16.4. The third-order valence-corrected chi connectivity index (χ3v) is 4.53. The minimum atomic E-state index is 0. The van der Waals surface area contributed by atoms with Crippen LogP contribution in [0.15, 0.2) is 22.7 Å². The number of hydrogen-bond acceptors (Lipinski definition) is 2. The van der Waals surface area contributed by atoms with E-state index in [0.29, 0.717) is 12.0 Å². The maximum atomic E-state index is 6.06. The van der Waals surface area contributed by atoms with Gasteiger partial charge >= 0.3 is 0 Å². The normalized spacial score (nSPS) is 17.0. The largest absolute Gasteiger partial charge is 0.314 e. The fourth-order valence-corrected chi connectivity index (χ4v) is 3.63. The van der Waals surface area contributed by atoms with Gasteiger partial charge in [-0.15, -0.1) is 24.8 Å². The number of nitrogens with one attached hydrogen (secondary N) is 1. The summed E-state index contributed by atoms with van der Waals surface area (Å²) in [6, 6.07) is 6.65. The molecule has 1 saturated heterocycles. The first-order chi connectivity index (χ1) is 9.08. The Kier molecular flexibility index (Phi) is 10.5. The van der Waals surface area contributed by atoms with Crippen molar-refractivity contribution in [2.75, 3.05) is 26.2 Å². The number of hydrogen-bond donors (Lipinski definition) is 1. The Morgan fingerprint density at radius 3 is 2.38 bits per heavy atom. The second-order valence-electron chi connectivity index (χ2n) is 5.60. The molecule has 0 aromatic heterocycles. The Bertz CT molecular complexity index is 423. The van der Waals surface area contributed by atoms with Gasteiger partial charge in [0, 0.05) is 41.7 Å². The third-order valence-electron chi connectivity index (χ3n) is 3.61. The van der Waals surface area contributed by atoms with Crippen molar-refractivity contribution >= 4 is 52.3 Å². The summed E-state index contributed by atoms with van der Waals surface area (Å²) < 4.78 is 1.13. The highest BCUT2D eigenvalue weighted by Crippen LogP contribution is 2.34. The van der Waals surface area contributed by atoms with Crippen LogP contribution in [0.1, 0.15) is 31.9 Å². The molecular weight excluding hydrogens is 394 g/mol. The van der Waals surface area contributed by atoms with Crippen LogP contribution in [-0.4, -0.2) is 31.1 Å². The minimum absolute atomic E-state index is 0. The lowest BCUT2D eigenvalue weighted by Gasteiger charge is -2.36. The molecule has 6 heteroatoms. The summed E-state index contributed by atoms with van der Waals surface area (Å²) in [7, 11) is 0. The molecule has 0 aliphatic carbocycles. The van der Waals surface area contributed by atoms with Gasteiger partial charge in [-0.25, -0.2) is 0 Å². The van der Waals surface area contributed by atoms with Gasteiger partial charge in [-0.1, -0.05) is 47.4 Å². The molecule has 1 aromatic rings. The van der Waals surface area contributed by atoms with E-state index >= 15 is 0 Å². The van der Waals surface area contributed by atoms with Crippen molar-refractivity contribution in [1.29, 1.82) is 0 Å². The molecule has 2 nitrogen and oxygen atoms in total. The molecule has 1 aliphatic heterocycles. The highest BCUT2D eigenvalue weighted by molar-refractivity contribution is 9.10. The van der Waals surface area contributed by atoms with Gasteiger partial charge < -0.3 is 5.32 Å². The molecular formula is C15H24BrCl3N2. The predicted octanol–water partition coefficient (Wildman–Crippen LogP) is 4.94. The van der Waals surface area contributed by atoms with Crippen LogP contribution in [0, 0.1) is 5.92 Å². The highest BCUT2D eigenvalue weighted by atomic mass is 79.9. The van der Waals surface area contributed by atoms with Crippen molar-refractivity contribution in [2.24, 2.45) is 5.92 Å². The van der Waals surface area contributed by atoms with E-state index < -0.39 is 0 Å². The van der Waals surface area contributed by atoms with E-state index in [4.69, 9.17) is 11.6 Å². The highest BCUT2D eigenvalue weighted by Gasteiger charge is 2.24. The molecule has 1 N–H and O–H groups in total. The third kappa shape index (κ3) is 6.25. The van der Waals surface area contributed by atoms with E-state index in [0.717, 1.165) is 35.7 Å². The first-order valence-corrected chi connectivity index (χ1v) is 8.14. The van der Waals surface area contributed by atoms with Crippen LogP contribution in [0.5, 0.6) is 0 Å². The molecule has 1 atom stereocenters. The van der Waals surface area contributed by atoms with Gasteiger partial charge in [-0.3, -0.25) is 4.90 Å². The van der Waals surface area contributed by atoms with Crippen LogP contribution in [0.25, 0.3) is 0 Å². The second kappa shape index (κ2) is 10.3. The van der Waals surface area contributed by atoms with Gasteiger partial charge in [0.25, 0.3) is 0 Å². The predicted molar refractivity (Wildman–Crippen MR) is 100 cm³/mol. The van der Waals surface area contributed by atoms with Crippen LogP contribution >= 0.6 is 52.3 Å². The van der Waals surface area contributed by atoms with E-state index in [1.165, 1.54) is 12.0 Å². The second-order valence-corrected chi connectivity index (χ2v) is 6.89. The standard InChI is InChI=1S/C15H22BrClN2.2ClH/c1-11(2)9-15(19-7-5-18-6-8-19)13-4-3-12(17)10-14(13)16;;/h3-4,10-11,15,18H,5-9H2,1-2H3;2*1H/t15-;;/m0../s1. The summed E-state index contributed by atoms with van der Waals surface area (Å²) in [6.45, 7) is 8.98. The van der Waals surface area contributed by atoms with Crippen molar-refractivity contribution in [1.82, 2.24) is 10.2 Å². The molecule has 21 heavy (non-hydrogen) atoms. The Morgan fingerprint density at radius 1 is 1.24 bits per heavy atom. The van der Waals surface area contributed by atoms with Gasteiger partial charge in [0.1, 0.15) is 0 Å². The van der Waals surface area contributed by atoms with Crippen molar-refractivity contribution in [3.8, 4) is 0 Å². The molecule has 0 radical (unpaired) electrons. The van der Waals surface area contributed by atoms with Crippen molar-refractivity contribution in [2.45, 2.75) is 26.3 Å². The first-order valence-electron chi connectivity index (χ1n) is 6.97. The van der Waals surface area contributed by atoms with Crippen molar-refractivity contribution in [3.63, 3.8) is 0 Å². The SMILES string of the molecule is CC(C)C[C@@H](c1ccc(Cl)cc1Br)N1CCNCC1.Cl.Cl. The molecule has 0 bridgehead atoms. The molecule has 1 aromatic carbocycles. The van der Waals surface area contributed by atoms with Crippen LogP contribution < -0.4 is 5.32 Å². The minimum Gasteiger partial charge on any atom is -0.314 e. The topological polar surface area (TPSA) is 15.3 Å². The molecule has 2 rings (SSSR count). The van der Waals surface area contributed by atoms with Gasteiger partial charge in [0.2, 0.25) is 0 Å². The molecule has 1 aliphatic rings. The number of halogens is 4. The molecule has 1 heterocycles. The van der Waals surface area contributed by atoms with Crippen molar-refractivity contribution < 1.29 is 0 Å². The lowest BCUT2D eigenvalue weighted by Crippen LogP contribution is -2.45. The molecule has 0 spiro atoms. The summed E-state index contributed by atoms with van der Waals surface area (Å²) in [6.07, 6.45) is 1.18. The Balaban J connectivity index is 0.00000200. The molecule has 1 fully saturated rings. The zero-order valence-electron chi connectivity index (χ0n) is 12.4. The Hall–Kier alpha value is 0.490. The van der Waals surface area contributed by atoms with Crippen LogP contribution in [0.2, 0.25) is 5.02 Å². The van der Waals surface area contributed by atoms with Gasteiger partial charge in [0.05, 0.1) is 0 Å². The number of benzene rings is 1. The summed E-state index contributed by atoms with van der Waals surface area (Å²) in [4.78, 5) is 2.59. The van der Waals surface area contributed by atoms with E-state index in [9.17, 15) is 0 Å². The summed E-state index contributed by atoms with van der Waals surface area (Å²) in [5.41, 5.74) is 1.36. The van der Waals surface area contributed by atoms with E-state index in [2.05, 4.69) is 46.1 Å². The Labute approximate surface area is 153 Å². The number of rotatable bonds is 4. The summed E-state index contributed by atoms with van der Waals surface area (Å²) in [5, 5.41) is 4.21. The monoisotopic (exact) mass is 416 g/mol. The van der Waals surface area contributed by atoms with E-state index in [1.54, 1.807) is 0 Å². The van der Waals surface area contributed by atoms with E-state index in [1.807, 2.05) is 12.1 Å². The van der Waals surface area contributed by atoms with Gasteiger partial charge in [-0.05, 0) is 30.0 Å².